The molecule has 1 rings (SSSR count). The Morgan fingerprint density at radius 2 is 2.11 bits per heavy atom. The predicted molar refractivity (Wildman–Crippen MR) is 75.0 cm³/mol. The highest BCUT2D eigenvalue weighted by molar-refractivity contribution is 9.10. The number of nitrogens with zero attached hydrogens (tertiary/aromatic N) is 1. The summed E-state index contributed by atoms with van der Waals surface area (Å²) in [5, 5.41) is 14.0. The molecule has 19 heavy (non-hydrogen) atoms. The lowest BCUT2D eigenvalue weighted by molar-refractivity contribution is -0.137. The van der Waals surface area contributed by atoms with Crippen LogP contribution in [0.5, 0.6) is 0 Å². The van der Waals surface area contributed by atoms with Crippen LogP contribution in [0.4, 0.5) is 10.5 Å². The zero-order chi connectivity index (χ0) is 14.5. The highest BCUT2D eigenvalue weighted by Gasteiger charge is 2.21. The summed E-state index contributed by atoms with van der Waals surface area (Å²) in [6.07, 6.45) is 3.49. The number of pyridine rings is 1. The number of aromatic nitrogens is 1. The van der Waals surface area contributed by atoms with Gasteiger partial charge in [-0.2, -0.15) is 0 Å². The van der Waals surface area contributed by atoms with E-state index >= 15 is 0 Å². The smallest absolute Gasteiger partial charge is 0.319 e. The molecule has 0 aliphatic carbocycles. The number of nitrogens with one attached hydrogen (secondary N) is 2. The number of carbonyl (C=O) groups is 2. The Balaban J connectivity index is 2.52. The fourth-order valence-electron chi connectivity index (χ4n) is 1.43. The van der Waals surface area contributed by atoms with Crippen molar-refractivity contribution in [3.05, 3.63) is 22.9 Å². The average molecular weight is 330 g/mol. The first-order valence-electron chi connectivity index (χ1n) is 5.70. The quantitative estimate of drug-likeness (QED) is 0.774. The molecule has 0 bridgehead atoms. The maximum atomic E-state index is 11.8. The maximum absolute atomic E-state index is 11.8. The molecule has 1 heterocycles. The number of carboxylic acids is 1. The van der Waals surface area contributed by atoms with Crippen molar-refractivity contribution in [2.75, 3.05) is 5.32 Å². The van der Waals surface area contributed by atoms with Gasteiger partial charge in [0, 0.05) is 22.6 Å². The molecule has 0 aliphatic heterocycles. The van der Waals surface area contributed by atoms with Crippen LogP contribution >= 0.6 is 15.9 Å². The monoisotopic (exact) mass is 329 g/mol. The normalized spacial score (nSPS) is 10.9. The number of carbonyl (C=O) groups excluding carboxylic acids is 1. The predicted octanol–water partition coefficient (Wildman–Crippen LogP) is 2.61. The second-order valence-electron chi connectivity index (χ2n) is 4.75. The lowest BCUT2D eigenvalue weighted by Gasteiger charge is -2.25. The summed E-state index contributed by atoms with van der Waals surface area (Å²) in [6, 6.07) is 1.33. The van der Waals surface area contributed by atoms with Gasteiger partial charge in [-0.25, -0.2) is 4.79 Å². The highest BCUT2D eigenvalue weighted by Crippen LogP contribution is 2.15. The summed E-state index contributed by atoms with van der Waals surface area (Å²) in [5.74, 6) is -0.883. The second kappa shape index (κ2) is 6.51. The Hall–Kier alpha value is -1.63. The van der Waals surface area contributed by atoms with Crippen LogP contribution in [0.2, 0.25) is 0 Å². The zero-order valence-corrected chi connectivity index (χ0v) is 12.3. The molecule has 0 aliphatic rings. The van der Waals surface area contributed by atoms with Crippen LogP contribution in [0.25, 0.3) is 0 Å². The van der Waals surface area contributed by atoms with Crippen LogP contribution in [0, 0.1) is 0 Å². The number of anilines is 1. The van der Waals surface area contributed by atoms with Crippen molar-refractivity contribution in [1.82, 2.24) is 10.3 Å². The summed E-state index contributed by atoms with van der Waals surface area (Å²) in [4.78, 5) is 26.2. The minimum absolute atomic E-state index is 0.00568. The van der Waals surface area contributed by atoms with Gasteiger partial charge in [0.15, 0.2) is 0 Å². The van der Waals surface area contributed by atoms with E-state index in [-0.39, 0.29) is 6.42 Å². The van der Waals surface area contributed by atoms with Gasteiger partial charge in [0.25, 0.3) is 0 Å². The zero-order valence-electron chi connectivity index (χ0n) is 10.7. The van der Waals surface area contributed by atoms with Crippen molar-refractivity contribution in [3.63, 3.8) is 0 Å². The third-order valence-electron chi connectivity index (χ3n) is 2.38. The van der Waals surface area contributed by atoms with E-state index < -0.39 is 17.5 Å². The Morgan fingerprint density at radius 3 is 2.68 bits per heavy atom. The van der Waals surface area contributed by atoms with E-state index in [2.05, 4.69) is 31.5 Å². The van der Waals surface area contributed by atoms with E-state index in [0.29, 0.717) is 12.1 Å². The highest BCUT2D eigenvalue weighted by atomic mass is 79.9. The van der Waals surface area contributed by atoms with Crippen molar-refractivity contribution in [2.24, 2.45) is 0 Å². The molecular weight excluding hydrogens is 314 g/mol. The first kappa shape index (κ1) is 15.4. The Morgan fingerprint density at radius 1 is 1.42 bits per heavy atom. The van der Waals surface area contributed by atoms with Crippen LogP contribution in [0.1, 0.15) is 26.7 Å². The molecule has 2 amide bonds. The first-order chi connectivity index (χ1) is 8.78. The van der Waals surface area contributed by atoms with E-state index in [1.165, 1.54) is 6.20 Å². The van der Waals surface area contributed by atoms with Crippen molar-refractivity contribution < 1.29 is 14.7 Å². The summed E-state index contributed by atoms with van der Waals surface area (Å²) in [7, 11) is 0. The van der Waals surface area contributed by atoms with E-state index in [1.54, 1.807) is 26.1 Å². The van der Waals surface area contributed by atoms with Gasteiger partial charge in [-0.3, -0.25) is 9.78 Å². The van der Waals surface area contributed by atoms with Crippen molar-refractivity contribution in [3.8, 4) is 0 Å². The molecule has 6 nitrogen and oxygen atoms in total. The second-order valence-corrected chi connectivity index (χ2v) is 5.66. The van der Waals surface area contributed by atoms with Gasteiger partial charge in [-0.1, -0.05) is 0 Å². The molecule has 0 saturated carbocycles. The van der Waals surface area contributed by atoms with Crippen LogP contribution in [-0.2, 0) is 4.79 Å². The molecule has 0 radical (unpaired) electrons. The molecule has 0 saturated heterocycles. The van der Waals surface area contributed by atoms with Gasteiger partial charge in [-0.05, 0) is 42.3 Å². The number of rotatable bonds is 5. The topological polar surface area (TPSA) is 91.3 Å². The summed E-state index contributed by atoms with van der Waals surface area (Å²) in [6.45, 7) is 3.54. The lowest BCUT2D eigenvalue weighted by Crippen LogP contribution is -2.45. The number of halogens is 1. The van der Waals surface area contributed by atoms with Gasteiger partial charge < -0.3 is 15.7 Å². The largest absolute Gasteiger partial charge is 0.481 e. The molecule has 0 aromatic carbocycles. The lowest BCUT2D eigenvalue weighted by atomic mass is 9.99. The fraction of sp³-hybridized carbons (Fsp3) is 0.417. The van der Waals surface area contributed by atoms with Crippen LogP contribution in [0.3, 0.4) is 0 Å². The molecular formula is C12H16BrN3O3. The van der Waals surface area contributed by atoms with Crippen LogP contribution in [-0.4, -0.2) is 27.6 Å². The molecule has 3 N–H and O–H groups in total. The minimum Gasteiger partial charge on any atom is -0.481 e. The van der Waals surface area contributed by atoms with E-state index in [1.807, 2.05) is 0 Å². The summed E-state index contributed by atoms with van der Waals surface area (Å²) < 4.78 is 0.760. The van der Waals surface area contributed by atoms with Gasteiger partial charge in [0.1, 0.15) is 0 Å². The number of hydrogen-bond acceptors (Lipinski definition) is 3. The summed E-state index contributed by atoms with van der Waals surface area (Å²) >= 11 is 3.25. The number of amides is 2. The van der Waals surface area contributed by atoms with Crippen LogP contribution < -0.4 is 10.6 Å². The molecule has 1 aromatic heterocycles. The Labute approximate surface area is 119 Å². The van der Waals surface area contributed by atoms with Crippen molar-refractivity contribution in [2.45, 2.75) is 32.2 Å². The number of hydrogen-bond donors (Lipinski definition) is 3. The molecule has 7 heteroatoms. The molecule has 0 fully saturated rings. The molecule has 1 aromatic rings. The maximum Gasteiger partial charge on any atom is 0.319 e. The Kier molecular flexibility index (Phi) is 5.29. The van der Waals surface area contributed by atoms with Crippen molar-refractivity contribution in [1.29, 1.82) is 0 Å². The number of urea groups is 1. The van der Waals surface area contributed by atoms with Gasteiger partial charge in [-0.15, -0.1) is 0 Å². The van der Waals surface area contributed by atoms with Crippen molar-refractivity contribution >= 4 is 33.6 Å². The number of aliphatic carboxylic acids is 1. The summed E-state index contributed by atoms with van der Waals surface area (Å²) in [5.41, 5.74) is -0.0389. The fourth-order valence-corrected chi connectivity index (χ4v) is 1.80. The van der Waals surface area contributed by atoms with E-state index in [9.17, 15) is 9.59 Å². The minimum atomic E-state index is -0.883. The van der Waals surface area contributed by atoms with Crippen LogP contribution in [0.15, 0.2) is 22.9 Å². The van der Waals surface area contributed by atoms with Gasteiger partial charge in [0.05, 0.1) is 11.9 Å². The molecule has 104 valence electrons. The van der Waals surface area contributed by atoms with E-state index in [4.69, 9.17) is 5.11 Å². The van der Waals surface area contributed by atoms with E-state index in [0.717, 1.165) is 4.47 Å². The molecule has 0 spiro atoms. The van der Waals surface area contributed by atoms with Gasteiger partial charge in [0.2, 0.25) is 0 Å². The third kappa shape index (κ3) is 6.19. The number of carboxylic acid groups (broad SMARTS) is 1. The first-order valence-corrected chi connectivity index (χ1v) is 6.49. The SMILES string of the molecule is CC(C)(CCC(=O)O)NC(=O)Nc1cncc(Br)c1. The van der Waals surface area contributed by atoms with Gasteiger partial charge >= 0.3 is 12.0 Å². The molecule has 0 atom stereocenters. The Bertz CT molecular complexity index is 477. The standard InChI is InChI=1S/C12H16BrN3O3/c1-12(2,4-3-10(17)18)16-11(19)15-9-5-8(13)6-14-7-9/h5-7H,3-4H2,1-2H3,(H,17,18)(H2,15,16,19). The molecule has 0 unspecified atom stereocenters. The average Bonchev–Trinajstić information content (AvgIpc) is 2.25. The third-order valence-corrected chi connectivity index (χ3v) is 2.81.